The summed E-state index contributed by atoms with van der Waals surface area (Å²) in [5, 5.41) is 2.76. The van der Waals surface area contributed by atoms with Gasteiger partial charge in [0.25, 0.3) is 0 Å². The molecule has 2 aliphatic heterocycles. The van der Waals surface area contributed by atoms with Crippen LogP contribution in [0.2, 0.25) is 0 Å². The summed E-state index contributed by atoms with van der Waals surface area (Å²) in [6.07, 6.45) is 3.90. The van der Waals surface area contributed by atoms with Gasteiger partial charge in [0.1, 0.15) is 0 Å². The van der Waals surface area contributed by atoms with E-state index in [1.54, 1.807) is 7.05 Å². The van der Waals surface area contributed by atoms with E-state index in [1.807, 2.05) is 24.4 Å². The van der Waals surface area contributed by atoms with Gasteiger partial charge in [-0.2, -0.15) is 0 Å². The third kappa shape index (κ3) is 2.69. The normalized spacial score (nSPS) is 29.9. The van der Waals surface area contributed by atoms with Crippen molar-refractivity contribution in [2.45, 2.75) is 31.5 Å². The van der Waals surface area contributed by atoms with Gasteiger partial charge in [0.15, 0.2) is 0 Å². The number of hydrogen-bond acceptors (Lipinski definition) is 4. The summed E-state index contributed by atoms with van der Waals surface area (Å²) in [7, 11) is 1.70. The number of rotatable bonds is 3. The molecule has 20 heavy (non-hydrogen) atoms. The number of amides is 1. The van der Waals surface area contributed by atoms with Crippen molar-refractivity contribution >= 4 is 5.91 Å². The van der Waals surface area contributed by atoms with Crippen molar-refractivity contribution in [2.75, 3.05) is 20.2 Å². The SMILES string of the molecule is CNC(=O)[C@H]1C[C@H]2OCC[C@H]2N(Cc2ccccn2)C1. The van der Waals surface area contributed by atoms with Gasteiger partial charge in [-0.15, -0.1) is 0 Å². The lowest BCUT2D eigenvalue weighted by Crippen LogP contribution is -2.52. The van der Waals surface area contributed by atoms with Crippen LogP contribution in [-0.4, -0.2) is 48.1 Å². The number of pyridine rings is 1. The molecule has 0 unspecified atom stereocenters. The molecule has 1 aromatic rings. The highest BCUT2D eigenvalue weighted by molar-refractivity contribution is 5.78. The molecule has 5 nitrogen and oxygen atoms in total. The number of fused-ring (bicyclic) bond motifs is 1. The summed E-state index contributed by atoms with van der Waals surface area (Å²) in [4.78, 5) is 18.7. The number of ether oxygens (including phenoxy) is 1. The second kappa shape index (κ2) is 5.89. The molecule has 5 heteroatoms. The molecule has 3 rings (SSSR count). The lowest BCUT2D eigenvalue weighted by molar-refractivity contribution is -0.129. The Morgan fingerprint density at radius 3 is 3.20 bits per heavy atom. The summed E-state index contributed by atoms with van der Waals surface area (Å²) in [6, 6.07) is 6.39. The van der Waals surface area contributed by atoms with Crippen molar-refractivity contribution < 1.29 is 9.53 Å². The molecule has 0 aliphatic carbocycles. The first-order valence-electron chi connectivity index (χ1n) is 7.25. The average molecular weight is 275 g/mol. The highest BCUT2D eigenvalue weighted by atomic mass is 16.5. The van der Waals surface area contributed by atoms with E-state index < -0.39 is 0 Å². The summed E-state index contributed by atoms with van der Waals surface area (Å²) < 4.78 is 5.81. The number of piperidine rings is 1. The van der Waals surface area contributed by atoms with E-state index in [-0.39, 0.29) is 17.9 Å². The predicted octanol–water partition coefficient (Wildman–Crippen LogP) is 0.807. The van der Waals surface area contributed by atoms with Gasteiger partial charge >= 0.3 is 0 Å². The molecule has 108 valence electrons. The van der Waals surface area contributed by atoms with Crippen LogP contribution >= 0.6 is 0 Å². The quantitative estimate of drug-likeness (QED) is 0.887. The van der Waals surface area contributed by atoms with Crippen molar-refractivity contribution in [2.24, 2.45) is 5.92 Å². The largest absolute Gasteiger partial charge is 0.377 e. The van der Waals surface area contributed by atoms with Crippen LogP contribution < -0.4 is 5.32 Å². The smallest absolute Gasteiger partial charge is 0.224 e. The fraction of sp³-hybridized carbons (Fsp3) is 0.600. The van der Waals surface area contributed by atoms with Gasteiger partial charge in [0.05, 0.1) is 17.7 Å². The third-order valence-electron chi connectivity index (χ3n) is 4.32. The van der Waals surface area contributed by atoms with Crippen LogP contribution in [0.5, 0.6) is 0 Å². The minimum Gasteiger partial charge on any atom is -0.377 e. The maximum absolute atomic E-state index is 11.9. The monoisotopic (exact) mass is 275 g/mol. The molecule has 2 saturated heterocycles. The molecule has 0 radical (unpaired) electrons. The summed E-state index contributed by atoms with van der Waals surface area (Å²) in [5.74, 6) is 0.132. The molecule has 2 aliphatic rings. The molecule has 0 aromatic carbocycles. The highest BCUT2D eigenvalue weighted by Gasteiger charge is 2.41. The van der Waals surface area contributed by atoms with Crippen LogP contribution in [0.25, 0.3) is 0 Å². The summed E-state index contributed by atoms with van der Waals surface area (Å²) in [5.41, 5.74) is 1.05. The molecule has 3 atom stereocenters. The minimum atomic E-state index is 0.0167. The van der Waals surface area contributed by atoms with Crippen molar-refractivity contribution in [3.63, 3.8) is 0 Å². The molecule has 1 amide bonds. The van der Waals surface area contributed by atoms with Crippen LogP contribution in [0, 0.1) is 5.92 Å². The van der Waals surface area contributed by atoms with Crippen molar-refractivity contribution in [1.82, 2.24) is 15.2 Å². The van der Waals surface area contributed by atoms with Gasteiger partial charge < -0.3 is 10.1 Å². The maximum atomic E-state index is 11.9. The molecule has 1 aromatic heterocycles. The Balaban J connectivity index is 1.74. The van der Waals surface area contributed by atoms with Gasteiger partial charge in [0.2, 0.25) is 5.91 Å². The number of aromatic nitrogens is 1. The van der Waals surface area contributed by atoms with Crippen LogP contribution in [0.1, 0.15) is 18.5 Å². The first kappa shape index (κ1) is 13.5. The van der Waals surface area contributed by atoms with Crippen LogP contribution in [-0.2, 0) is 16.1 Å². The third-order valence-corrected chi connectivity index (χ3v) is 4.32. The van der Waals surface area contributed by atoms with E-state index in [0.29, 0.717) is 6.04 Å². The standard InChI is InChI=1S/C15H21N3O2/c1-16-15(19)11-8-14-13(5-7-20-14)18(9-11)10-12-4-2-3-6-17-12/h2-4,6,11,13-14H,5,7-10H2,1H3,(H,16,19)/t11-,13+,14+/m0/s1. The molecular weight excluding hydrogens is 254 g/mol. The number of nitrogens with one attached hydrogen (secondary N) is 1. The lowest BCUT2D eigenvalue weighted by Gasteiger charge is -2.39. The van der Waals surface area contributed by atoms with Crippen LogP contribution in [0.15, 0.2) is 24.4 Å². The molecule has 0 bridgehead atoms. The molecule has 0 saturated carbocycles. The predicted molar refractivity (Wildman–Crippen MR) is 75.0 cm³/mol. The van der Waals surface area contributed by atoms with Gasteiger partial charge in [-0.25, -0.2) is 0 Å². The van der Waals surface area contributed by atoms with Gasteiger partial charge in [-0.1, -0.05) is 6.07 Å². The zero-order valence-corrected chi connectivity index (χ0v) is 11.8. The summed E-state index contributed by atoms with van der Waals surface area (Å²) in [6.45, 7) is 2.38. The average Bonchev–Trinajstić information content (AvgIpc) is 2.96. The highest BCUT2D eigenvalue weighted by Crippen LogP contribution is 2.32. The number of likely N-dealkylation sites (tertiary alicyclic amines) is 1. The van der Waals surface area contributed by atoms with Crippen molar-refractivity contribution in [3.8, 4) is 0 Å². The van der Waals surface area contributed by atoms with Crippen molar-refractivity contribution in [3.05, 3.63) is 30.1 Å². The van der Waals surface area contributed by atoms with Crippen molar-refractivity contribution in [1.29, 1.82) is 0 Å². The Kier molecular flexibility index (Phi) is 3.98. The fourth-order valence-electron chi connectivity index (χ4n) is 3.33. The van der Waals surface area contributed by atoms with Crippen LogP contribution in [0.3, 0.4) is 0 Å². The number of carbonyl (C=O) groups is 1. The first-order valence-corrected chi connectivity index (χ1v) is 7.25. The Morgan fingerprint density at radius 1 is 1.55 bits per heavy atom. The van der Waals surface area contributed by atoms with E-state index in [0.717, 1.165) is 38.2 Å². The second-order valence-corrected chi connectivity index (χ2v) is 5.56. The Labute approximate surface area is 119 Å². The van der Waals surface area contributed by atoms with E-state index >= 15 is 0 Å². The van der Waals surface area contributed by atoms with Gasteiger partial charge in [0, 0.05) is 39.0 Å². The Morgan fingerprint density at radius 2 is 2.45 bits per heavy atom. The van der Waals surface area contributed by atoms with Crippen LogP contribution in [0.4, 0.5) is 0 Å². The number of carbonyl (C=O) groups excluding carboxylic acids is 1. The summed E-state index contributed by atoms with van der Waals surface area (Å²) >= 11 is 0. The molecule has 0 spiro atoms. The molecular formula is C15H21N3O2. The number of nitrogens with zero attached hydrogens (tertiary/aromatic N) is 2. The Hall–Kier alpha value is -1.46. The fourth-order valence-corrected chi connectivity index (χ4v) is 3.33. The zero-order valence-electron chi connectivity index (χ0n) is 11.8. The van der Waals surface area contributed by atoms with E-state index in [2.05, 4.69) is 15.2 Å². The van der Waals surface area contributed by atoms with Gasteiger partial charge in [-0.3, -0.25) is 14.7 Å². The first-order chi connectivity index (χ1) is 9.78. The number of hydrogen-bond donors (Lipinski definition) is 1. The van der Waals surface area contributed by atoms with E-state index in [1.165, 1.54) is 0 Å². The second-order valence-electron chi connectivity index (χ2n) is 5.56. The topological polar surface area (TPSA) is 54.5 Å². The lowest BCUT2D eigenvalue weighted by atomic mass is 9.89. The van der Waals surface area contributed by atoms with E-state index in [9.17, 15) is 4.79 Å². The zero-order chi connectivity index (χ0) is 13.9. The molecule has 2 fully saturated rings. The minimum absolute atomic E-state index is 0.0167. The van der Waals surface area contributed by atoms with Gasteiger partial charge in [-0.05, 0) is 25.0 Å². The maximum Gasteiger partial charge on any atom is 0.224 e. The molecule has 3 heterocycles. The van der Waals surface area contributed by atoms with E-state index in [4.69, 9.17) is 4.74 Å². The Bertz CT molecular complexity index is 465. The molecule has 1 N–H and O–H groups in total.